The Morgan fingerprint density at radius 3 is 2.19 bits per heavy atom. The molecular weight excluding hydrogens is 641 g/mol. The summed E-state index contributed by atoms with van der Waals surface area (Å²) in [5, 5.41) is 5.49. The van der Waals surface area contributed by atoms with Crippen LogP contribution in [0.3, 0.4) is 0 Å². The molecule has 7 aromatic carbocycles. The largest absolute Gasteiger partial charge is 0.455 e. The Morgan fingerprint density at radius 2 is 1.29 bits per heavy atom. The van der Waals surface area contributed by atoms with E-state index in [1.165, 1.54) is 17.2 Å². The van der Waals surface area contributed by atoms with E-state index in [-0.39, 0.29) is 0 Å². The quantitative estimate of drug-likeness (QED) is 0.187. The Bertz CT molecular complexity index is 3200. The van der Waals surface area contributed by atoms with E-state index >= 15 is 0 Å². The van der Waals surface area contributed by atoms with Crippen molar-refractivity contribution in [2.75, 3.05) is 0 Å². The molecule has 11 rings (SSSR count). The van der Waals surface area contributed by atoms with Crippen LogP contribution in [0.2, 0.25) is 0 Å². The molecule has 244 valence electrons. The molecule has 11 aromatic rings. The molecular formula is C46H28N4O2. The first kappa shape index (κ1) is 28.8. The molecule has 6 heteroatoms. The minimum atomic E-state index is 0.636. The second-order valence-corrected chi connectivity index (χ2v) is 13.3. The second-order valence-electron chi connectivity index (χ2n) is 13.3. The Kier molecular flexibility index (Phi) is 6.07. The zero-order valence-electron chi connectivity index (χ0n) is 28.0. The van der Waals surface area contributed by atoms with Gasteiger partial charge in [-0.05, 0) is 66.6 Å². The first-order chi connectivity index (χ1) is 25.7. The molecule has 0 saturated heterocycles. The van der Waals surface area contributed by atoms with Gasteiger partial charge in [-0.2, -0.15) is 0 Å². The van der Waals surface area contributed by atoms with Gasteiger partial charge in [0, 0.05) is 43.7 Å². The van der Waals surface area contributed by atoms with Gasteiger partial charge in [-0.3, -0.25) is 0 Å². The highest BCUT2D eigenvalue weighted by atomic mass is 16.3. The summed E-state index contributed by atoms with van der Waals surface area (Å²) in [6.45, 7) is 2.12. The topological polar surface area (TPSA) is 69.9 Å². The van der Waals surface area contributed by atoms with Gasteiger partial charge in [0.1, 0.15) is 16.7 Å². The number of aryl methyl sites for hydroxylation is 1. The first-order valence-corrected chi connectivity index (χ1v) is 17.3. The highest BCUT2D eigenvalue weighted by molar-refractivity contribution is 6.14. The van der Waals surface area contributed by atoms with E-state index in [2.05, 4.69) is 126 Å². The summed E-state index contributed by atoms with van der Waals surface area (Å²) in [5.74, 6) is 0.636. The standard InChI is InChI=1S/C46H28N4O2/c1-27-43-37(25-39-44(27)51-26-47-39)32-12-3-6-18-40(32)50(43)31-22-20-28(21-23-31)29-10-8-11-30(24-29)42-35-14-2-5-17-38(35)48-46(49-42)36-16-9-15-34-33-13-4-7-19-41(33)52-45(34)36/h2-26H,1H3. The molecule has 0 aliphatic rings. The van der Waals surface area contributed by atoms with E-state index in [4.69, 9.17) is 18.8 Å². The number of rotatable bonds is 4. The van der Waals surface area contributed by atoms with Crippen LogP contribution in [0.5, 0.6) is 0 Å². The molecule has 0 amide bonds. The monoisotopic (exact) mass is 668 g/mol. The smallest absolute Gasteiger partial charge is 0.181 e. The number of aromatic nitrogens is 4. The molecule has 0 bridgehead atoms. The normalized spacial score (nSPS) is 11.9. The number of benzene rings is 7. The Balaban J connectivity index is 1.03. The lowest BCUT2D eigenvalue weighted by atomic mass is 9.99. The molecule has 0 unspecified atom stereocenters. The summed E-state index contributed by atoms with van der Waals surface area (Å²) < 4.78 is 14.5. The highest BCUT2D eigenvalue weighted by Crippen LogP contribution is 2.39. The van der Waals surface area contributed by atoms with E-state index in [0.717, 1.165) is 94.2 Å². The highest BCUT2D eigenvalue weighted by Gasteiger charge is 2.19. The zero-order chi connectivity index (χ0) is 34.3. The first-order valence-electron chi connectivity index (χ1n) is 17.3. The van der Waals surface area contributed by atoms with E-state index in [0.29, 0.717) is 5.82 Å². The van der Waals surface area contributed by atoms with Crippen molar-refractivity contribution in [3.8, 4) is 39.5 Å². The van der Waals surface area contributed by atoms with Crippen molar-refractivity contribution in [1.29, 1.82) is 0 Å². The van der Waals surface area contributed by atoms with Crippen LogP contribution in [0.1, 0.15) is 5.56 Å². The van der Waals surface area contributed by atoms with Crippen LogP contribution < -0.4 is 0 Å². The molecule has 52 heavy (non-hydrogen) atoms. The summed E-state index contributed by atoms with van der Waals surface area (Å²) >= 11 is 0. The van der Waals surface area contributed by atoms with Gasteiger partial charge in [0.15, 0.2) is 17.8 Å². The third-order valence-corrected chi connectivity index (χ3v) is 10.3. The molecule has 0 aliphatic carbocycles. The van der Waals surface area contributed by atoms with Crippen molar-refractivity contribution in [2.24, 2.45) is 0 Å². The summed E-state index contributed by atoms with van der Waals surface area (Å²) in [5.41, 5.74) is 13.7. The molecule has 0 N–H and O–H groups in total. The van der Waals surface area contributed by atoms with Gasteiger partial charge in [-0.1, -0.05) is 97.1 Å². The lowest BCUT2D eigenvalue weighted by molar-refractivity contribution is 0.600. The molecule has 0 radical (unpaired) electrons. The average Bonchev–Trinajstić information content (AvgIpc) is 3.92. The molecule has 0 spiro atoms. The molecule has 6 nitrogen and oxygen atoms in total. The van der Waals surface area contributed by atoms with Crippen molar-refractivity contribution in [2.45, 2.75) is 6.92 Å². The van der Waals surface area contributed by atoms with Gasteiger partial charge >= 0.3 is 0 Å². The predicted octanol–water partition coefficient (Wildman–Crippen LogP) is 12.1. The van der Waals surface area contributed by atoms with Gasteiger partial charge in [-0.15, -0.1) is 0 Å². The SMILES string of the molecule is Cc1c2ocnc2cc2c3ccccc3n(-c3ccc(-c4cccc(-c5nc(-c6cccc7c6oc6ccccc67)nc6ccccc56)c4)cc3)c12. The number of fused-ring (bicyclic) bond motifs is 8. The van der Waals surface area contributed by atoms with Crippen LogP contribution in [0.15, 0.2) is 161 Å². The number of oxazole rings is 1. The molecule has 4 aromatic heterocycles. The van der Waals surface area contributed by atoms with Gasteiger partial charge in [-0.25, -0.2) is 15.0 Å². The number of hydrogen-bond donors (Lipinski definition) is 0. The molecule has 0 atom stereocenters. The summed E-state index contributed by atoms with van der Waals surface area (Å²) in [7, 11) is 0. The van der Waals surface area contributed by atoms with Crippen molar-refractivity contribution in [3.05, 3.63) is 158 Å². The number of nitrogens with zero attached hydrogens (tertiary/aromatic N) is 4. The van der Waals surface area contributed by atoms with Gasteiger partial charge in [0.05, 0.1) is 27.8 Å². The lowest BCUT2D eigenvalue weighted by Crippen LogP contribution is -1.96. The second kappa shape index (κ2) is 11.0. The predicted molar refractivity (Wildman–Crippen MR) is 210 cm³/mol. The average molecular weight is 669 g/mol. The van der Waals surface area contributed by atoms with E-state index < -0.39 is 0 Å². The Hall–Kier alpha value is -7.05. The fourth-order valence-electron chi connectivity index (χ4n) is 7.92. The zero-order valence-corrected chi connectivity index (χ0v) is 28.0. The van der Waals surface area contributed by atoms with E-state index in [1.54, 1.807) is 0 Å². The number of para-hydroxylation sites is 4. The van der Waals surface area contributed by atoms with Crippen LogP contribution in [0.25, 0.3) is 105 Å². The van der Waals surface area contributed by atoms with Crippen LogP contribution in [-0.2, 0) is 0 Å². The fraction of sp³-hybridized carbons (Fsp3) is 0.0217. The Labute approximate surface area is 297 Å². The van der Waals surface area contributed by atoms with E-state index in [9.17, 15) is 0 Å². The minimum absolute atomic E-state index is 0.636. The van der Waals surface area contributed by atoms with Crippen molar-refractivity contribution < 1.29 is 8.83 Å². The Morgan fingerprint density at radius 1 is 0.538 bits per heavy atom. The summed E-state index contributed by atoms with van der Waals surface area (Å²) in [4.78, 5) is 14.7. The third kappa shape index (κ3) is 4.21. The maximum absolute atomic E-state index is 6.39. The fourth-order valence-corrected chi connectivity index (χ4v) is 7.92. The summed E-state index contributed by atoms with van der Waals surface area (Å²) in [6, 6.07) is 50.6. The van der Waals surface area contributed by atoms with Crippen LogP contribution in [0, 0.1) is 6.92 Å². The lowest BCUT2D eigenvalue weighted by Gasteiger charge is -2.12. The molecule has 0 aliphatic heterocycles. The maximum atomic E-state index is 6.39. The minimum Gasteiger partial charge on any atom is -0.455 e. The van der Waals surface area contributed by atoms with Crippen molar-refractivity contribution in [1.82, 2.24) is 19.5 Å². The molecule has 4 heterocycles. The molecule has 0 fully saturated rings. The van der Waals surface area contributed by atoms with Gasteiger partial charge in [0.2, 0.25) is 0 Å². The van der Waals surface area contributed by atoms with Gasteiger partial charge in [0.25, 0.3) is 0 Å². The number of hydrogen-bond acceptors (Lipinski definition) is 5. The van der Waals surface area contributed by atoms with E-state index in [1.807, 2.05) is 36.4 Å². The number of furan rings is 1. The van der Waals surface area contributed by atoms with Crippen molar-refractivity contribution >= 4 is 65.7 Å². The van der Waals surface area contributed by atoms with Crippen molar-refractivity contribution in [3.63, 3.8) is 0 Å². The maximum Gasteiger partial charge on any atom is 0.181 e. The molecule has 0 saturated carbocycles. The third-order valence-electron chi connectivity index (χ3n) is 10.3. The summed E-state index contributed by atoms with van der Waals surface area (Å²) in [6.07, 6.45) is 1.53. The van der Waals surface area contributed by atoms with Crippen LogP contribution in [-0.4, -0.2) is 19.5 Å². The van der Waals surface area contributed by atoms with Gasteiger partial charge < -0.3 is 13.4 Å². The van der Waals surface area contributed by atoms with Crippen LogP contribution in [0.4, 0.5) is 0 Å². The van der Waals surface area contributed by atoms with Crippen LogP contribution >= 0.6 is 0 Å².